The van der Waals surface area contributed by atoms with Crippen LogP contribution >= 0.6 is 11.3 Å². The van der Waals surface area contributed by atoms with Crippen LogP contribution in [0.2, 0.25) is 0 Å². The molecule has 0 unspecified atom stereocenters. The van der Waals surface area contributed by atoms with Crippen molar-refractivity contribution in [2.45, 2.75) is 46.5 Å². The van der Waals surface area contributed by atoms with Gasteiger partial charge in [-0.05, 0) is 48.8 Å². The summed E-state index contributed by atoms with van der Waals surface area (Å²) in [5.41, 5.74) is 0.775. The molecular weight excluding hydrogens is 453 g/mol. The van der Waals surface area contributed by atoms with E-state index in [0.29, 0.717) is 28.1 Å². The Kier molecular flexibility index (Phi) is 7.35. The van der Waals surface area contributed by atoms with Gasteiger partial charge in [0.25, 0.3) is 0 Å². The second-order valence-corrected chi connectivity index (χ2v) is 10.9. The quantitative estimate of drug-likeness (QED) is 0.486. The summed E-state index contributed by atoms with van der Waals surface area (Å²) >= 11 is 1.35. The zero-order chi connectivity index (χ0) is 24.1. The molecule has 3 heterocycles. The van der Waals surface area contributed by atoms with Crippen molar-refractivity contribution in [1.82, 2.24) is 19.9 Å². The summed E-state index contributed by atoms with van der Waals surface area (Å²) in [6.45, 7) is 8.76. The molecule has 0 atom stereocenters. The van der Waals surface area contributed by atoms with Gasteiger partial charge in [0, 0.05) is 29.9 Å². The van der Waals surface area contributed by atoms with Crippen LogP contribution in [0.15, 0.2) is 36.8 Å². The van der Waals surface area contributed by atoms with Crippen LogP contribution in [0.5, 0.6) is 0 Å². The number of carbonyl (C=O) groups is 1. The molecule has 1 saturated heterocycles. The van der Waals surface area contributed by atoms with Gasteiger partial charge in [0.15, 0.2) is 5.13 Å². The fourth-order valence-electron chi connectivity index (χ4n) is 4.18. The van der Waals surface area contributed by atoms with E-state index in [1.54, 1.807) is 18.3 Å². The molecule has 0 radical (unpaired) electrons. The Hall–Kier alpha value is -3.14. The molecule has 1 aromatic carbocycles. The molecule has 34 heavy (non-hydrogen) atoms. The van der Waals surface area contributed by atoms with Crippen LogP contribution in [0.1, 0.15) is 44.9 Å². The zero-order valence-corrected chi connectivity index (χ0v) is 20.5. The Morgan fingerprint density at radius 2 is 2.00 bits per heavy atom. The second-order valence-electron chi connectivity index (χ2n) is 9.80. The SMILES string of the molecule is CC(C)(C)CC1CCN(c2ncnc(Nc3ncc(CC(=O)Nc4cccc(F)c4)s3)n2)CC1. The largest absolute Gasteiger partial charge is 0.341 e. The lowest BCUT2D eigenvalue weighted by Gasteiger charge is -2.34. The van der Waals surface area contributed by atoms with Crippen molar-refractivity contribution in [3.63, 3.8) is 0 Å². The molecular formula is C24H30FN7OS. The van der Waals surface area contributed by atoms with Crippen molar-refractivity contribution in [3.05, 3.63) is 47.5 Å². The molecule has 0 spiro atoms. The number of aromatic nitrogens is 4. The van der Waals surface area contributed by atoms with Crippen molar-refractivity contribution in [3.8, 4) is 0 Å². The maximum Gasteiger partial charge on any atom is 0.233 e. The summed E-state index contributed by atoms with van der Waals surface area (Å²) in [7, 11) is 0. The predicted octanol–water partition coefficient (Wildman–Crippen LogP) is 5.04. The van der Waals surface area contributed by atoms with Crippen LogP contribution in [0, 0.1) is 17.2 Å². The van der Waals surface area contributed by atoms with Gasteiger partial charge in [-0.1, -0.05) is 26.8 Å². The number of halogens is 1. The number of nitrogens with one attached hydrogen (secondary N) is 2. The number of hydrogen-bond donors (Lipinski definition) is 2. The Bertz CT molecular complexity index is 1120. The van der Waals surface area contributed by atoms with Gasteiger partial charge in [0.05, 0.1) is 6.42 Å². The summed E-state index contributed by atoms with van der Waals surface area (Å²) < 4.78 is 13.3. The number of rotatable bonds is 7. The first-order chi connectivity index (χ1) is 16.2. The molecule has 8 nitrogen and oxygen atoms in total. The smallest absolute Gasteiger partial charge is 0.233 e. The van der Waals surface area contributed by atoms with Crippen molar-refractivity contribution in [2.24, 2.45) is 11.3 Å². The first-order valence-electron chi connectivity index (χ1n) is 11.4. The third kappa shape index (κ3) is 6.93. The summed E-state index contributed by atoms with van der Waals surface area (Å²) in [4.78, 5) is 32.7. The van der Waals surface area contributed by atoms with Crippen LogP contribution in [-0.4, -0.2) is 38.9 Å². The highest BCUT2D eigenvalue weighted by atomic mass is 32.1. The van der Waals surface area contributed by atoms with Crippen LogP contribution < -0.4 is 15.5 Å². The second kappa shape index (κ2) is 10.4. The molecule has 4 rings (SSSR count). The predicted molar refractivity (Wildman–Crippen MR) is 133 cm³/mol. The Morgan fingerprint density at radius 3 is 2.74 bits per heavy atom. The number of nitrogens with zero attached hydrogens (tertiary/aromatic N) is 5. The number of piperidine rings is 1. The van der Waals surface area contributed by atoms with E-state index in [1.165, 1.54) is 36.2 Å². The van der Waals surface area contributed by atoms with Gasteiger partial charge in [-0.3, -0.25) is 10.1 Å². The minimum atomic E-state index is -0.395. The number of carbonyl (C=O) groups excluding carboxylic acids is 1. The Labute approximate surface area is 203 Å². The lowest BCUT2D eigenvalue weighted by molar-refractivity contribution is -0.115. The number of benzene rings is 1. The van der Waals surface area contributed by atoms with E-state index < -0.39 is 5.82 Å². The maximum atomic E-state index is 13.3. The van der Waals surface area contributed by atoms with E-state index in [1.807, 2.05) is 0 Å². The minimum Gasteiger partial charge on any atom is -0.341 e. The van der Waals surface area contributed by atoms with E-state index in [2.05, 4.69) is 56.2 Å². The molecule has 10 heteroatoms. The van der Waals surface area contributed by atoms with Crippen molar-refractivity contribution in [2.75, 3.05) is 28.6 Å². The highest BCUT2D eigenvalue weighted by Gasteiger charge is 2.25. The normalized spacial score (nSPS) is 14.8. The third-order valence-electron chi connectivity index (χ3n) is 5.57. The number of anilines is 4. The molecule has 1 aliphatic rings. The highest BCUT2D eigenvalue weighted by molar-refractivity contribution is 7.15. The monoisotopic (exact) mass is 483 g/mol. The van der Waals surface area contributed by atoms with E-state index in [0.717, 1.165) is 36.7 Å². The molecule has 1 amide bonds. The molecule has 1 aliphatic heterocycles. The maximum absolute atomic E-state index is 13.3. The molecule has 2 N–H and O–H groups in total. The lowest BCUT2D eigenvalue weighted by Crippen LogP contribution is -2.36. The average molecular weight is 484 g/mol. The van der Waals surface area contributed by atoms with Gasteiger partial charge in [-0.25, -0.2) is 19.3 Å². The van der Waals surface area contributed by atoms with E-state index in [9.17, 15) is 9.18 Å². The summed E-state index contributed by atoms with van der Waals surface area (Å²) in [5.74, 6) is 1.19. The summed E-state index contributed by atoms with van der Waals surface area (Å²) in [5, 5.41) is 6.39. The zero-order valence-electron chi connectivity index (χ0n) is 19.7. The Balaban J connectivity index is 1.31. The van der Waals surface area contributed by atoms with E-state index in [-0.39, 0.29) is 12.3 Å². The fraction of sp³-hybridized carbons (Fsp3) is 0.458. The van der Waals surface area contributed by atoms with Crippen LogP contribution in [-0.2, 0) is 11.2 Å². The molecule has 0 bridgehead atoms. The van der Waals surface area contributed by atoms with Crippen molar-refractivity contribution in [1.29, 1.82) is 0 Å². The van der Waals surface area contributed by atoms with Gasteiger partial charge < -0.3 is 10.2 Å². The van der Waals surface area contributed by atoms with Gasteiger partial charge in [0.2, 0.25) is 17.8 Å². The van der Waals surface area contributed by atoms with Gasteiger partial charge >= 0.3 is 0 Å². The van der Waals surface area contributed by atoms with Crippen molar-refractivity contribution >= 4 is 40.0 Å². The first kappa shape index (κ1) is 24.0. The Morgan fingerprint density at radius 1 is 1.21 bits per heavy atom. The van der Waals surface area contributed by atoms with Gasteiger partial charge in [0.1, 0.15) is 12.1 Å². The number of hydrogen-bond acceptors (Lipinski definition) is 8. The standard InChI is InChI=1S/C24H30FN7OS/c1-24(2,3)13-16-7-9-32(10-8-16)22-28-15-27-21(30-22)31-23-26-14-19(34-23)12-20(33)29-18-6-4-5-17(25)11-18/h4-6,11,14-16H,7-10,12-13H2,1-3H3,(H,29,33)(H,26,27,28,30,31). The van der Waals surface area contributed by atoms with Crippen LogP contribution in [0.4, 0.5) is 27.1 Å². The minimum absolute atomic E-state index is 0.141. The van der Waals surface area contributed by atoms with Crippen LogP contribution in [0.25, 0.3) is 0 Å². The molecule has 1 fully saturated rings. The highest BCUT2D eigenvalue weighted by Crippen LogP contribution is 2.32. The molecule has 2 aromatic heterocycles. The van der Waals surface area contributed by atoms with E-state index >= 15 is 0 Å². The lowest BCUT2D eigenvalue weighted by atomic mass is 9.80. The summed E-state index contributed by atoms with van der Waals surface area (Å²) in [6, 6.07) is 5.81. The molecule has 0 aliphatic carbocycles. The molecule has 3 aromatic rings. The number of amides is 1. The summed E-state index contributed by atoms with van der Waals surface area (Å²) in [6.07, 6.45) is 6.80. The van der Waals surface area contributed by atoms with E-state index in [4.69, 9.17) is 0 Å². The first-order valence-corrected chi connectivity index (χ1v) is 12.3. The average Bonchev–Trinajstić information content (AvgIpc) is 3.19. The van der Waals surface area contributed by atoms with Gasteiger partial charge in [-0.15, -0.1) is 11.3 Å². The van der Waals surface area contributed by atoms with Gasteiger partial charge in [-0.2, -0.15) is 4.98 Å². The molecule has 0 saturated carbocycles. The van der Waals surface area contributed by atoms with Crippen molar-refractivity contribution < 1.29 is 9.18 Å². The number of thiazole rings is 1. The van der Waals surface area contributed by atoms with Crippen LogP contribution in [0.3, 0.4) is 0 Å². The topological polar surface area (TPSA) is 95.9 Å². The molecule has 180 valence electrons. The fourth-order valence-corrected chi connectivity index (χ4v) is 4.98. The third-order valence-corrected chi connectivity index (χ3v) is 6.49.